The molecule has 2 aromatic rings. The molecule has 2 saturated heterocycles. The van der Waals surface area contributed by atoms with Gasteiger partial charge in [-0.15, -0.1) is 0 Å². The van der Waals surface area contributed by atoms with Gasteiger partial charge in [0.1, 0.15) is 17.7 Å². The zero-order chi connectivity index (χ0) is 22.7. The molecule has 9 heteroatoms. The molecule has 32 heavy (non-hydrogen) atoms. The van der Waals surface area contributed by atoms with Crippen LogP contribution in [0.2, 0.25) is 0 Å². The topological polar surface area (TPSA) is 101 Å². The minimum absolute atomic E-state index is 0.135. The number of rotatable bonds is 7. The number of nitrogens with one attached hydrogen (secondary N) is 1. The lowest BCUT2D eigenvalue weighted by Crippen LogP contribution is -2.41. The number of anilines is 2. The first kappa shape index (κ1) is 22.0. The number of ether oxygens (including phenoxy) is 1. The maximum atomic E-state index is 14.9. The quantitative estimate of drug-likeness (QED) is 0.685. The van der Waals surface area contributed by atoms with Crippen molar-refractivity contribution in [3.05, 3.63) is 42.3 Å². The normalized spacial score (nSPS) is 19.3. The van der Waals surface area contributed by atoms with Crippen molar-refractivity contribution in [1.82, 2.24) is 10.3 Å². The summed E-state index contributed by atoms with van der Waals surface area (Å²) >= 11 is 0. The number of cyclic esters (lactones) is 1. The Labute approximate surface area is 186 Å². The number of hydrogen-bond donors (Lipinski definition) is 2. The molecule has 2 fully saturated rings. The average molecular weight is 442 g/mol. The second-order valence-corrected chi connectivity index (χ2v) is 8.24. The van der Waals surface area contributed by atoms with Gasteiger partial charge in [-0.3, -0.25) is 9.69 Å². The number of hydrogen-bond acceptors (Lipinski definition) is 6. The van der Waals surface area contributed by atoms with E-state index >= 15 is 0 Å². The van der Waals surface area contributed by atoms with Gasteiger partial charge in [-0.25, -0.2) is 14.2 Å². The Hall–Kier alpha value is -3.20. The SMILES string of the molecule is CNC1CCN(c2ccc(-c3ccc(N4CC(CCC(N)=O)OC4=O)cc3F)cn2)CC1. The van der Waals surface area contributed by atoms with Crippen molar-refractivity contribution in [3.8, 4) is 11.1 Å². The lowest BCUT2D eigenvalue weighted by atomic mass is 10.0. The molecular weight excluding hydrogens is 413 g/mol. The fraction of sp³-hybridized carbons (Fsp3) is 0.435. The first-order valence-corrected chi connectivity index (χ1v) is 10.9. The number of halogens is 1. The van der Waals surface area contributed by atoms with Crippen LogP contribution in [-0.2, 0) is 9.53 Å². The molecule has 8 nitrogen and oxygen atoms in total. The van der Waals surface area contributed by atoms with Gasteiger partial charge < -0.3 is 20.7 Å². The maximum absolute atomic E-state index is 14.9. The fourth-order valence-electron chi connectivity index (χ4n) is 4.22. The Balaban J connectivity index is 1.43. The summed E-state index contributed by atoms with van der Waals surface area (Å²) in [5, 5.41) is 3.31. The molecule has 0 bridgehead atoms. The van der Waals surface area contributed by atoms with Crippen molar-refractivity contribution >= 4 is 23.5 Å². The predicted octanol–water partition coefficient (Wildman–Crippen LogP) is 2.67. The van der Waals surface area contributed by atoms with Gasteiger partial charge >= 0.3 is 6.09 Å². The first-order valence-electron chi connectivity index (χ1n) is 10.9. The number of nitrogens with two attached hydrogens (primary N) is 1. The van der Waals surface area contributed by atoms with E-state index in [0.29, 0.717) is 29.3 Å². The molecule has 2 aliphatic rings. The fourth-order valence-corrected chi connectivity index (χ4v) is 4.22. The Morgan fingerprint density at radius 2 is 2.06 bits per heavy atom. The van der Waals surface area contributed by atoms with E-state index < -0.39 is 23.9 Å². The molecule has 1 unspecified atom stereocenters. The van der Waals surface area contributed by atoms with Gasteiger partial charge in [-0.1, -0.05) is 0 Å². The van der Waals surface area contributed by atoms with Crippen LogP contribution in [0.4, 0.5) is 20.7 Å². The van der Waals surface area contributed by atoms with Gasteiger partial charge in [0.2, 0.25) is 5.91 Å². The number of piperidine rings is 1. The summed E-state index contributed by atoms with van der Waals surface area (Å²) in [6.07, 6.45) is 3.31. The number of aromatic nitrogens is 1. The van der Waals surface area contributed by atoms with E-state index in [0.717, 1.165) is 31.7 Å². The molecule has 0 radical (unpaired) electrons. The maximum Gasteiger partial charge on any atom is 0.414 e. The molecule has 2 amide bonds. The summed E-state index contributed by atoms with van der Waals surface area (Å²) in [4.78, 5) is 31.3. The largest absolute Gasteiger partial charge is 0.444 e. The smallest absolute Gasteiger partial charge is 0.414 e. The van der Waals surface area contributed by atoms with Crippen LogP contribution in [0.25, 0.3) is 11.1 Å². The van der Waals surface area contributed by atoms with E-state index in [4.69, 9.17) is 10.5 Å². The number of carbonyl (C=O) groups is 2. The highest BCUT2D eigenvalue weighted by atomic mass is 19.1. The van der Waals surface area contributed by atoms with Gasteiger partial charge in [0, 0.05) is 42.9 Å². The molecule has 1 aromatic carbocycles. The third-order valence-corrected chi connectivity index (χ3v) is 6.14. The highest BCUT2D eigenvalue weighted by Crippen LogP contribution is 2.30. The number of carbonyl (C=O) groups excluding carboxylic acids is 2. The minimum atomic E-state index is -0.556. The second-order valence-electron chi connectivity index (χ2n) is 8.24. The number of pyridine rings is 1. The van der Waals surface area contributed by atoms with E-state index in [1.165, 1.54) is 11.0 Å². The van der Waals surface area contributed by atoms with Crippen molar-refractivity contribution in [2.24, 2.45) is 5.73 Å². The van der Waals surface area contributed by atoms with Crippen LogP contribution in [0.1, 0.15) is 25.7 Å². The summed E-state index contributed by atoms with van der Waals surface area (Å²) in [7, 11) is 1.99. The van der Waals surface area contributed by atoms with Crippen LogP contribution < -0.4 is 20.9 Å². The van der Waals surface area contributed by atoms with Crippen LogP contribution >= 0.6 is 0 Å². The summed E-state index contributed by atoms with van der Waals surface area (Å²) in [6, 6.07) is 8.99. The third-order valence-electron chi connectivity index (χ3n) is 6.14. The second kappa shape index (κ2) is 9.52. The molecule has 2 aliphatic heterocycles. The molecule has 0 aliphatic carbocycles. The number of amides is 2. The predicted molar refractivity (Wildman–Crippen MR) is 120 cm³/mol. The summed E-state index contributed by atoms with van der Waals surface area (Å²) in [5.41, 5.74) is 6.65. The monoisotopic (exact) mass is 441 g/mol. The van der Waals surface area contributed by atoms with Crippen molar-refractivity contribution in [3.63, 3.8) is 0 Å². The third kappa shape index (κ3) is 4.83. The van der Waals surface area contributed by atoms with Crippen molar-refractivity contribution in [2.45, 2.75) is 37.8 Å². The van der Waals surface area contributed by atoms with Crippen molar-refractivity contribution < 1.29 is 18.7 Å². The highest BCUT2D eigenvalue weighted by molar-refractivity contribution is 5.90. The van der Waals surface area contributed by atoms with Gasteiger partial charge in [0.05, 0.1) is 12.2 Å². The molecule has 3 N–H and O–H groups in total. The molecule has 0 saturated carbocycles. The Morgan fingerprint density at radius 3 is 2.69 bits per heavy atom. The van der Waals surface area contributed by atoms with E-state index in [9.17, 15) is 14.0 Å². The van der Waals surface area contributed by atoms with Crippen LogP contribution in [0, 0.1) is 5.82 Å². The van der Waals surface area contributed by atoms with Crippen LogP contribution in [0.5, 0.6) is 0 Å². The molecule has 170 valence electrons. The molecule has 0 spiro atoms. The zero-order valence-electron chi connectivity index (χ0n) is 18.1. The van der Waals surface area contributed by atoms with Gasteiger partial charge in [0.25, 0.3) is 0 Å². The Kier molecular flexibility index (Phi) is 6.55. The van der Waals surface area contributed by atoms with Gasteiger partial charge in [-0.05, 0) is 56.6 Å². The summed E-state index contributed by atoms with van der Waals surface area (Å²) in [5.74, 6) is -0.000565. The Bertz CT molecular complexity index is 976. The molecule has 3 heterocycles. The number of primary amides is 1. The zero-order valence-corrected chi connectivity index (χ0v) is 18.1. The molecule has 1 aromatic heterocycles. The van der Waals surface area contributed by atoms with Gasteiger partial charge in [-0.2, -0.15) is 0 Å². The molecular formula is C23H28FN5O3. The lowest BCUT2D eigenvalue weighted by Gasteiger charge is -2.32. The van der Waals surface area contributed by atoms with E-state index in [1.54, 1.807) is 18.3 Å². The average Bonchev–Trinajstić information content (AvgIpc) is 3.18. The highest BCUT2D eigenvalue weighted by Gasteiger charge is 2.32. The van der Waals surface area contributed by atoms with E-state index in [2.05, 4.69) is 15.2 Å². The van der Waals surface area contributed by atoms with Crippen molar-refractivity contribution in [2.75, 3.05) is 36.5 Å². The molecule has 1 atom stereocenters. The summed E-state index contributed by atoms with van der Waals surface area (Å²) < 4.78 is 20.2. The van der Waals surface area contributed by atoms with Crippen LogP contribution in [-0.4, -0.2) is 55.8 Å². The van der Waals surface area contributed by atoms with E-state index in [1.807, 2.05) is 19.2 Å². The van der Waals surface area contributed by atoms with Crippen molar-refractivity contribution in [1.29, 1.82) is 0 Å². The molecule has 4 rings (SSSR count). The van der Waals surface area contributed by atoms with Gasteiger partial charge in [0.15, 0.2) is 0 Å². The number of nitrogens with zero attached hydrogens (tertiary/aromatic N) is 3. The Morgan fingerprint density at radius 1 is 1.28 bits per heavy atom. The van der Waals surface area contributed by atoms with E-state index in [-0.39, 0.29) is 13.0 Å². The minimum Gasteiger partial charge on any atom is -0.444 e. The number of benzene rings is 1. The first-order chi connectivity index (χ1) is 15.4. The van der Waals surface area contributed by atoms with Crippen LogP contribution in [0.3, 0.4) is 0 Å². The van der Waals surface area contributed by atoms with Crippen LogP contribution in [0.15, 0.2) is 36.5 Å². The lowest BCUT2D eigenvalue weighted by molar-refractivity contribution is -0.118. The standard InChI is InChI=1S/C23H28FN5O3/c1-26-16-8-10-28(11-9-16)22-7-2-15(13-27-22)19-5-3-17(12-20(19)24)29-14-18(32-23(29)31)4-6-21(25)30/h2-3,5,7,12-13,16,18,26H,4,6,8-11,14H2,1H3,(H2,25,30). The summed E-state index contributed by atoms with van der Waals surface area (Å²) in [6.45, 7) is 2.13.